The number of piperazine rings is 1. The number of hydrogen-bond donors (Lipinski definition) is 1. The minimum atomic E-state index is 0.354. The number of nitrogens with zero attached hydrogens (tertiary/aromatic N) is 4. The summed E-state index contributed by atoms with van der Waals surface area (Å²) in [5.41, 5.74) is 14.8. The predicted octanol–water partition coefficient (Wildman–Crippen LogP) is 7.41. The van der Waals surface area contributed by atoms with Crippen LogP contribution in [0.4, 0.5) is 0 Å². The maximum Gasteiger partial charge on any atom is 0.0855 e. The van der Waals surface area contributed by atoms with Crippen LogP contribution in [0.15, 0.2) is 62.0 Å². The molecule has 5 nitrogen and oxygen atoms in total. The van der Waals surface area contributed by atoms with Gasteiger partial charge in [-0.05, 0) is 67.0 Å². The summed E-state index contributed by atoms with van der Waals surface area (Å²) in [4.78, 5) is 14.1. The summed E-state index contributed by atoms with van der Waals surface area (Å²) in [6.07, 6.45) is 7.22. The normalized spacial score (nSPS) is 16.8. The molecular formula is C33H42ClN5. The Balaban J connectivity index is 0.000000826. The monoisotopic (exact) mass is 543 g/mol. The van der Waals surface area contributed by atoms with Gasteiger partial charge in [-0.15, -0.1) is 0 Å². The average molecular weight is 544 g/mol. The third-order valence-electron chi connectivity index (χ3n) is 7.90. The van der Waals surface area contributed by atoms with Gasteiger partial charge in [0.15, 0.2) is 0 Å². The number of pyridine rings is 2. The number of hydrogen-bond acceptors (Lipinski definition) is 5. The summed E-state index contributed by atoms with van der Waals surface area (Å²) in [5, 5.41) is 1.85. The molecule has 0 saturated carbocycles. The van der Waals surface area contributed by atoms with E-state index in [1.165, 1.54) is 24.0 Å². The van der Waals surface area contributed by atoms with E-state index in [1.54, 1.807) is 0 Å². The first-order chi connectivity index (χ1) is 18.7. The van der Waals surface area contributed by atoms with E-state index >= 15 is 0 Å². The first-order valence-corrected chi connectivity index (χ1v) is 14.5. The van der Waals surface area contributed by atoms with Crippen LogP contribution < -0.4 is 5.73 Å². The van der Waals surface area contributed by atoms with Crippen molar-refractivity contribution >= 4 is 33.9 Å². The molecule has 3 aromatic rings. The van der Waals surface area contributed by atoms with Crippen LogP contribution in [0.5, 0.6) is 0 Å². The summed E-state index contributed by atoms with van der Waals surface area (Å²) in [6, 6.07) is 10.5. The number of halogens is 1. The van der Waals surface area contributed by atoms with Gasteiger partial charge in [0.05, 0.1) is 21.9 Å². The topological polar surface area (TPSA) is 58.3 Å². The fraction of sp³-hybridized carbons (Fsp3) is 0.394. The molecule has 2 aromatic heterocycles. The molecule has 1 fully saturated rings. The van der Waals surface area contributed by atoms with Crippen LogP contribution >= 0.6 is 11.6 Å². The predicted molar refractivity (Wildman–Crippen MR) is 167 cm³/mol. The molecule has 1 unspecified atom stereocenters. The second-order valence-corrected chi connectivity index (χ2v) is 11.1. The Morgan fingerprint density at radius 2 is 1.72 bits per heavy atom. The summed E-state index contributed by atoms with van der Waals surface area (Å²) in [7, 11) is 0. The summed E-state index contributed by atoms with van der Waals surface area (Å²) in [6.45, 7) is 22.5. The van der Waals surface area contributed by atoms with E-state index in [2.05, 4.69) is 85.6 Å². The van der Waals surface area contributed by atoms with Gasteiger partial charge in [-0.3, -0.25) is 9.97 Å². The number of aromatic nitrogens is 2. The van der Waals surface area contributed by atoms with Gasteiger partial charge >= 0.3 is 0 Å². The fourth-order valence-electron chi connectivity index (χ4n) is 5.27. The van der Waals surface area contributed by atoms with Crippen LogP contribution in [0.25, 0.3) is 22.3 Å². The number of benzene rings is 1. The minimum Gasteiger partial charge on any atom is -0.397 e. The van der Waals surface area contributed by atoms with Crippen LogP contribution in [0, 0.1) is 0 Å². The maximum absolute atomic E-state index is 6.92. The highest BCUT2D eigenvalue weighted by Crippen LogP contribution is 2.39. The molecule has 2 aliphatic rings. The van der Waals surface area contributed by atoms with E-state index in [4.69, 9.17) is 22.3 Å². The van der Waals surface area contributed by atoms with Crippen LogP contribution in [0.1, 0.15) is 74.0 Å². The van der Waals surface area contributed by atoms with Gasteiger partial charge in [0, 0.05) is 54.9 Å². The lowest BCUT2D eigenvalue weighted by Gasteiger charge is -2.38. The third kappa shape index (κ3) is 6.47. The van der Waals surface area contributed by atoms with Gasteiger partial charge in [0.1, 0.15) is 0 Å². The first-order valence-electron chi connectivity index (χ1n) is 14.1. The maximum atomic E-state index is 6.92. The highest BCUT2D eigenvalue weighted by atomic mass is 35.5. The van der Waals surface area contributed by atoms with Crippen LogP contribution in [0.3, 0.4) is 0 Å². The SMILES string of the molecule is C=C(N)c1cc(C2CCc3c(nc4cc(C(=C)N5CCN(C(=C)C)CC5)ccc4c3Cl)C2)ccn1.CCCC. The van der Waals surface area contributed by atoms with Gasteiger partial charge in [-0.1, -0.05) is 70.2 Å². The molecule has 0 radical (unpaired) electrons. The highest BCUT2D eigenvalue weighted by molar-refractivity contribution is 6.36. The van der Waals surface area contributed by atoms with Crippen molar-refractivity contribution in [3.63, 3.8) is 0 Å². The van der Waals surface area contributed by atoms with Crippen molar-refractivity contribution in [3.8, 4) is 0 Å². The zero-order valence-corrected chi connectivity index (χ0v) is 24.5. The van der Waals surface area contributed by atoms with Gasteiger partial charge in [-0.25, -0.2) is 0 Å². The molecule has 5 rings (SSSR count). The van der Waals surface area contributed by atoms with Gasteiger partial charge in [-0.2, -0.15) is 0 Å². The molecule has 1 aliphatic heterocycles. The second kappa shape index (κ2) is 12.7. The summed E-state index contributed by atoms with van der Waals surface area (Å²) >= 11 is 6.92. The molecule has 1 atom stereocenters. The Bertz CT molecular complexity index is 1370. The largest absolute Gasteiger partial charge is 0.397 e. The van der Waals surface area contributed by atoms with E-state index in [0.29, 0.717) is 11.6 Å². The number of unbranched alkanes of at least 4 members (excludes halogenated alkanes) is 1. The Hall–Kier alpha value is -3.31. The van der Waals surface area contributed by atoms with E-state index in [-0.39, 0.29) is 0 Å². The summed E-state index contributed by atoms with van der Waals surface area (Å²) < 4.78 is 0. The molecule has 0 spiro atoms. The van der Waals surface area contributed by atoms with Crippen molar-refractivity contribution in [2.24, 2.45) is 5.73 Å². The number of allylic oxidation sites excluding steroid dienone is 1. The van der Waals surface area contributed by atoms with Crippen LogP contribution in [0.2, 0.25) is 5.02 Å². The standard InChI is InChI=1S/C29H32ClN5.C4H10/c1-18(2)34-11-13-35(14-12-34)20(4)21-5-7-24-27(15-21)33-28-17-22(6-8-25(28)29(24)30)23-9-10-32-26(16-23)19(3)31;1-3-4-2/h5,7,9-10,15-16,22H,1,3-4,6,8,11-14,17,31H2,2H3;3-4H2,1-2H3. The molecule has 3 heterocycles. The Kier molecular flexibility index (Phi) is 9.34. The van der Waals surface area contributed by atoms with Crippen LogP contribution in [-0.4, -0.2) is 45.9 Å². The average Bonchev–Trinajstić information content (AvgIpc) is 2.96. The Morgan fingerprint density at radius 3 is 2.36 bits per heavy atom. The van der Waals surface area contributed by atoms with Gasteiger partial charge in [0.2, 0.25) is 0 Å². The first kappa shape index (κ1) is 28.7. The van der Waals surface area contributed by atoms with E-state index in [0.717, 1.165) is 89.7 Å². The Morgan fingerprint density at radius 1 is 1.03 bits per heavy atom. The molecule has 1 saturated heterocycles. The van der Waals surface area contributed by atoms with Gasteiger partial charge < -0.3 is 15.5 Å². The molecular weight excluding hydrogens is 502 g/mol. The highest BCUT2D eigenvalue weighted by Gasteiger charge is 2.25. The Labute approximate surface area is 239 Å². The quantitative estimate of drug-likeness (QED) is 0.350. The molecule has 1 aromatic carbocycles. The van der Waals surface area contributed by atoms with Crippen molar-refractivity contribution in [1.29, 1.82) is 0 Å². The smallest absolute Gasteiger partial charge is 0.0855 e. The van der Waals surface area contributed by atoms with Crippen molar-refractivity contribution < 1.29 is 0 Å². The molecule has 0 bridgehead atoms. The van der Waals surface area contributed by atoms with Crippen molar-refractivity contribution in [2.45, 2.75) is 58.8 Å². The van der Waals surface area contributed by atoms with Crippen molar-refractivity contribution in [2.75, 3.05) is 26.2 Å². The molecule has 1 aliphatic carbocycles. The molecule has 0 amide bonds. The van der Waals surface area contributed by atoms with E-state index < -0.39 is 0 Å². The second-order valence-electron chi connectivity index (χ2n) is 10.7. The van der Waals surface area contributed by atoms with Crippen molar-refractivity contribution in [3.05, 3.63) is 95.1 Å². The molecule has 39 heavy (non-hydrogen) atoms. The molecule has 2 N–H and O–H groups in total. The fourth-order valence-corrected chi connectivity index (χ4v) is 5.63. The van der Waals surface area contributed by atoms with Gasteiger partial charge in [0.25, 0.3) is 0 Å². The number of rotatable bonds is 6. The lowest BCUT2D eigenvalue weighted by atomic mass is 9.82. The third-order valence-corrected chi connectivity index (χ3v) is 8.34. The molecule has 6 heteroatoms. The minimum absolute atomic E-state index is 0.354. The lowest BCUT2D eigenvalue weighted by Crippen LogP contribution is -2.44. The number of nitrogens with two attached hydrogens (primary N) is 1. The van der Waals surface area contributed by atoms with E-state index in [9.17, 15) is 0 Å². The zero-order chi connectivity index (χ0) is 28.1. The summed E-state index contributed by atoms with van der Waals surface area (Å²) in [5.74, 6) is 0.354. The van der Waals surface area contributed by atoms with Crippen molar-refractivity contribution in [1.82, 2.24) is 19.8 Å². The zero-order valence-electron chi connectivity index (χ0n) is 23.8. The molecule has 206 valence electrons. The number of fused-ring (bicyclic) bond motifs is 2. The van der Waals surface area contributed by atoms with Crippen LogP contribution in [-0.2, 0) is 12.8 Å². The lowest BCUT2D eigenvalue weighted by molar-refractivity contribution is 0.215. The van der Waals surface area contributed by atoms with E-state index in [1.807, 2.05) is 6.20 Å².